The second kappa shape index (κ2) is 5.35. The van der Waals surface area contributed by atoms with Gasteiger partial charge in [0.1, 0.15) is 17.7 Å². The van der Waals surface area contributed by atoms with Gasteiger partial charge in [0.15, 0.2) is 5.75 Å². The summed E-state index contributed by atoms with van der Waals surface area (Å²) in [6.45, 7) is 1.80. The maximum atomic E-state index is 14.0. The van der Waals surface area contributed by atoms with Crippen molar-refractivity contribution < 1.29 is 13.5 Å². The maximum absolute atomic E-state index is 14.0. The summed E-state index contributed by atoms with van der Waals surface area (Å²) in [5.41, 5.74) is 1.05. The summed E-state index contributed by atoms with van der Waals surface area (Å²) in [5.74, 6) is -0.588. The van der Waals surface area contributed by atoms with Crippen molar-refractivity contribution in [2.75, 3.05) is 11.9 Å². The minimum absolute atomic E-state index is 0.155. The van der Waals surface area contributed by atoms with Gasteiger partial charge in [0.2, 0.25) is 0 Å². The molecule has 2 aromatic carbocycles. The van der Waals surface area contributed by atoms with Crippen molar-refractivity contribution in [3.63, 3.8) is 0 Å². The summed E-state index contributed by atoms with van der Waals surface area (Å²) < 4.78 is 33.4. The second-order valence-electron chi connectivity index (χ2n) is 4.87. The van der Waals surface area contributed by atoms with Gasteiger partial charge >= 0.3 is 0 Å². The Kier molecular flexibility index (Phi) is 3.68. The van der Waals surface area contributed by atoms with Gasteiger partial charge in [-0.15, -0.1) is 0 Å². The number of hydrogen-bond acceptors (Lipinski definition) is 2. The van der Waals surface area contributed by atoms with Crippen LogP contribution in [-0.2, 0) is 0 Å². The molecule has 0 amide bonds. The molecule has 2 nitrogen and oxygen atoms in total. The van der Waals surface area contributed by atoms with Crippen LogP contribution in [0.25, 0.3) is 0 Å². The average molecular weight is 330 g/mol. The molecule has 0 aliphatic carbocycles. The van der Waals surface area contributed by atoms with Crippen molar-refractivity contribution >= 4 is 28.9 Å². The fourth-order valence-electron chi connectivity index (χ4n) is 2.28. The normalized spacial score (nSPS) is 16.9. The van der Waals surface area contributed by atoms with Crippen LogP contribution in [0.15, 0.2) is 24.3 Å². The van der Waals surface area contributed by atoms with E-state index in [1.807, 2.05) is 0 Å². The lowest BCUT2D eigenvalue weighted by Gasteiger charge is -2.29. The molecule has 0 radical (unpaired) electrons. The molecule has 1 aliphatic rings. The molecule has 0 spiro atoms. The highest BCUT2D eigenvalue weighted by Gasteiger charge is 2.26. The van der Waals surface area contributed by atoms with E-state index < -0.39 is 17.7 Å². The molecule has 0 saturated carbocycles. The molecule has 1 atom stereocenters. The van der Waals surface area contributed by atoms with Crippen molar-refractivity contribution in [2.24, 2.45) is 0 Å². The van der Waals surface area contributed by atoms with Gasteiger partial charge in [-0.2, -0.15) is 0 Å². The largest absolute Gasteiger partial charge is 0.480 e. The maximum Gasteiger partial charge on any atom is 0.162 e. The first-order valence-corrected chi connectivity index (χ1v) is 7.06. The van der Waals surface area contributed by atoms with Gasteiger partial charge in [-0.1, -0.05) is 23.2 Å². The first kappa shape index (κ1) is 14.4. The minimum Gasteiger partial charge on any atom is -0.480 e. The van der Waals surface area contributed by atoms with Crippen LogP contribution in [-0.4, -0.2) is 6.54 Å². The molecule has 0 bridgehead atoms. The van der Waals surface area contributed by atoms with Crippen LogP contribution in [0.4, 0.5) is 14.5 Å². The zero-order chi connectivity index (χ0) is 15.1. The molecule has 0 fully saturated rings. The zero-order valence-corrected chi connectivity index (χ0v) is 12.5. The van der Waals surface area contributed by atoms with Crippen LogP contribution >= 0.6 is 23.2 Å². The minimum atomic E-state index is -0.661. The van der Waals surface area contributed by atoms with Crippen LogP contribution in [0.3, 0.4) is 0 Å². The number of anilines is 1. The van der Waals surface area contributed by atoms with E-state index in [1.165, 1.54) is 13.0 Å². The number of fused-ring (bicyclic) bond motifs is 1. The highest BCUT2D eigenvalue weighted by atomic mass is 35.5. The SMILES string of the molecule is Cc1cc(F)c(C2CNc3cc(Cl)cc(Cl)c3O2)cc1F. The molecule has 21 heavy (non-hydrogen) atoms. The van der Waals surface area contributed by atoms with E-state index in [-0.39, 0.29) is 11.1 Å². The number of ether oxygens (including phenoxy) is 1. The van der Waals surface area contributed by atoms with E-state index in [4.69, 9.17) is 27.9 Å². The summed E-state index contributed by atoms with van der Waals surface area (Å²) in [4.78, 5) is 0. The van der Waals surface area contributed by atoms with Gasteiger partial charge in [-0.3, -0.25) is 0 Å². The molecule has 0 saturated heterocycles. The van der Waals surface area contributed by atoms with E-state index in [0.717, 1.165) is 12.1 Å². The lowest BCUT2D eigenvalue weighted by Crippen LogP contribution is -2.25. The van der Waals surface area contributed by atoms with Gasteiger partial charge in [-0.25, -0.2) is 8.78 Å². The lowest BCUT2D eigenvalue weighted by molar-refractivity contribution is 0.205. The average Bonchev–Trinajstić information content (AvgIpc) is 2.42. The Balaban J connectivity index is 1.98. The third-order valence-electron chi connectivity index (χ3n) is 3.37. The van der Waals surface area contributed by atoms with E-state index >= 15 is 0 Å². The van der Waals surface area contributed by atoms with Gasteiger partial charge in [0.25, 0.3) is 0 Å². The molecule has 1 unspecified atom stereocenters. The highest BCUT2D eigenvalue weighted by molar-refractivity contribution is 6.36. The molecule has 1 heterocycles. The summed E-state index contributed by atoms with van der Waals surface area (Å²) >= 11 is 12.0. The predicted molar refractivity (Wildman–Crippen MR) is 79.4 cm³/mol. The summed E-state index contributed by atoms with van der Waals surface area (Å²) in [6.07, 6.45) is -0.661. The molecule has 2 aromatic rings. The standard InChI is InChI=1S/C15H11Cl2F2NO/c1-7-2-12(19)9(5-11(7)18)14-6-20-13-4-8(16)3-10(17)15(13)21-14/h2-5,14,20H,6H2,1H3. The Bertz CT molecular complexity index is 721. The number of nitrogens with one attached hydrogen (secondary N) is 1. The highest BCUT2D eigenvalue weighted by Crippen LogP contribution is 2.42. The fourth-order valence-corrected chi connectivity index (χ4v) is 2.82. The van der Waals surface area contributed by atoms with Crippen LogP contribution in [0.5, 0.6) is 5.75 Å². The van der Waals surface area contributed by atoms with Gasteiger partial charge in [0, 0.05) is 10.6 Å². The van der Waals surface area contributed by atoms with Gasteiger partial charge in [-0.05, 0) is 36.8 Å². The molecule has 6 heteroatoms. The van der Waals surface area contributed by atoms with Crippen LogP contribution < -0.4 is 10.1 Å². The lowest BCUT2D eigenvalue weighted by atomic mass is 10.0. The van der Waals surface area contributed by atoms with Crippen molar-refractivity contribution in [2.45, 2.75) is 13.0 Å². The Morgan fingerprint density at radius 2 is 1.90 bits per heavy atom. The van der Waals surface area contributed by atoms with E-state index in [1.54, 1.807) is 6.07 Å². The number of benzene rings is 2. The molecule has 3 rings (SSSR count). The Morgan fingerprint density at radius 1 is 1.14 bits per heavy atom. The van der Waals surface area contributed by atoms with E-state index in [9.17, 15) is 8.78 Å². The summed E-state index contributed by atoms with van der Waals surface area (Å²) in [7, 11) is 0. The monoisotopic (exact) mass is 329 g/mol. The van der Waals surface area contributed by atoms with Crippen molar-refractivity contribution in [1.29, 1.82) is 0 Å². The van der Waals surface area contributed by atoms with Crippen molar-refractivity contribution in [3.05, 3.63) is 57.1 Å². The first-order chi connectivity index (χ1) is 9.95. The number of rotatable bonds is 1. The number of aryl methyl sites for hydroxylation is 1. The quantitative estimate of drug-likeness (QED) is 0.783. The van der Waals surface area contributed by atoms with E-state index in [0.29, 0.717) is 28.0 Å². The Morgan fingerprint density at radius 3 is 2.67 bits per heavy atom. The zero-order valence-electron chi connectivity index (χ0n) is 11.0. The molecular formula is C15H11Cl2F2NO. The third-order valence-corrected chi connectivity index (χ3v) is 3.87. The van der Waals surface area contributed by atoms with Crippen molar-refractivity contribution in [3.8, 4) is 5.75 Å². The summed E-state index contributed by atoms with van der Waals surface area (Å²) in [6, 6.07) is 5.53. The predicted octanol–water partition coefficient (Wildman–Crippen LogP) is 5.13. The van der Waals surface area contributed by atoms with Crippen LogP contribution in [0, 0.1) is 18.6 Å². The van der Waals surface area contributed by atoms with Gasteiger partial charge < -0.3 is 10.1 Å². The fraction of sp³-hybridized carbons (Fsp3) is 0.200. The smallest absolute Gasteiger partial charge is 0.162 e. The third kappa shape index (κ3) is 2.65. The Labute approximate surface area is 130 Å². The summed E-state index contributed by atoms with van der Waals surface area (Å²) in [5, 5.41) is 3.87. The topological polar surface area (TPSA) is 21.3 Å². The van der Waals surface area contributed by atoms with E-state index in [2.05, 4.69) is 5.32 Å². The number of hydrogen-bond donors (Lipinski definition) is 1. The van der Waals surface area contributed by atoms with Gasteiger partial charge in [0.05, 0.1) is 17.3 Å². The molecule has 1 aliphatic heterocycles. The molecule has 1 N–H and O–H groups in total. The first-order valence-electron chi connectivity index (χ1n) is 6.31. The molecule has 0 aromatic heterocycles. The van der Waals surface area contributed by atoms with Crippen LogP contribution in [0.2, 0.25) is 10.0 Å². The van der Waals surface area contributed by atoms with Crippen LogP contribution in [0.1, 0.15) is 17.2 Å². The molecule has 110 valence electrons. The molecular weight excluding hydrogens is 319 g/mol. The Hall–Kier alpha value is -1.52. The number of halogens is 4. The van der Waals surface area contributed by atoms with Crippen molar-refractivity contribution in [1.82, 2.24) is 0 Å². The second-order valence-corrected chi connectivity index (χ2v) is 5.72.